The van der Waals surface area contributed by atoms with Crippen molar-refractivity contribution in [3.63, 3.8) is 0 Å². The number of anilines is 2. The van der Waals surface area contributed by atoms with Crippen molar-refractivity contribution < 1.29 is 4.74 Å². The molecule has 0 bridgehead atoms. The lowest BCUT2D eigenvalue weighted by atomic mass is 10.2. The molecule has 0 unspecified atom stereocenters. The first-order valence-electron chi connectivity index (χ1n) is 6.75. The predicted molar refractivity (Wildman–Crippen MR) is 79.3 cm³/mol. The molecule has 2 heterocycles. The van der Waals surface area contributed by atoms with Crippen LogP contribution in [0.4, 0.5) is 11.8 Å². The van der Waals surface area contributed by atoms with Crippen molar-refractivity contribution in [2.24, 2.45) is 0 Å². The standard InChI is InChI=1S/C15H18N4O/c1-11-9-17-15(16-2)18-14(11)19-7-8-20-13-6-4-3-5-12(13)10-19/h3-6,9H,7-8,10H2,1-2H3,(H,16,17,18). The fourth-order valence-corrected chi connectivity index (χ4v) is 2.38. The summed E-state index contributed by atoms with van der Waals surface area (Å²) in [5.74, 6) is 2.57. The molecular weight excluding hydrogens is 252 g/mol. The summed E-state index contributed by atoms with van der Waals surface area (Å²) < 4.78 is 5.80. The van der Waals surface area contributed by atoms with Crippen LogP contribution in [0.25, 0.3) is 0 Å². The summed E-state index contributed by atoms with van der Waals surface area (Å²) in [5, 5.41) is 2.99. The first-order valence-corrected chi connectivity index (χ1v) is 6.75. The Morgan fingerprint density at radius 2 is 2.15 bits per heavy atom. The van der Waals surface area contributed by atoms with Crippen LogP contribution in [0.15, 0.2) is 30.5 Å². The summed E-state index contributed by atoms with van der Waals surface area (Å²) in [6.07, 6.45) is 1.85. The van der Waals surface area contributed by atoms with Gasteiger partial charge in [-0.25, -0.2) is 4.98 Å². The van der Waals surface area contributed by atoms with Gasteiger partial charge in [-0.2, -0.15) is 4.98 Å². The lowest BCUT2D eigenvalue weighted by Gasteiger charge is -2.22. The highest BCUT2D eigenvalue weighted by Crippen LogP contribution is 2.26. The number of nitrogens with one attached hydrogen (secondary N) is 1. The molecule has 5 nitrogen and oxygen atoms in total. The maximum Gasteiger partial charge on any atom is 0.224 e. The Hall–Kier alpha value is -2.30. The number of fused-ring (bicyclic) bond motifs is 1. The number of ether oxygens (including phenoxy) is 1. The zero-order valence-corrected chi connectivity index (χ0v) is 11.8. The van der Waals surface area contributed by atoms with Crippen LogP contribution >= 0.6 is 0 Å². The van der Waals surface area contributed by atoms with Crippen LogP contribution in [-0.2, 0) is 6.54 Å². The fourth-order valence-electron chi connectivity index (χ4n) is 2.38. The lowest BCUT2D eigenvalue weighted by molar-refractivity contribution is 0.331. The zero-order chi connectivity index (χ0) is 13.9. The van der Waals surface area contributed by atoms with E-state index in [0.717, 1.165) is 30.2 Å². The van der Waals surface area contributed by atoms with Crippen molar-refractivity contribution in [3.05, 3.63) is 41.6 Å². The number of benzene rings is 1. The van der Waals surface area contributed by atoms with Gasteiger partial charge in [0.1, 0.15) is 18.2 Å². The van der Waals surface area contributed by atoms with Crippen LogP contribution in [0.1, 0.15) is 11.1 Å². The van der Waals surface area contributed by atoms with E-state index in [1.165, 1.54) is 5.56 Å². The van der Waals surface area contributed by atoms with Crippen LogP contribution < -0.4 is 15.0 Å². The van der Waals surface area contributed by atoms with Crippen molar-refractivity contribution in [2.75, 3.05) is 30.4 Å². The average molecular weight is 270 g/mol. The van der Waals surface area contributed by atoms with Gasteiger partial charge in [0, 0.05) is 30.9 Å². The first-order chi connectivity index (χ1) is 9.78. The van der Waals surface area contributed by atoms with Gasteiger partial charge in [0.2, 0.25) is 5.95 Å². The molecule has 3 rings (SSSR count). The normalized spacial score (nSPS) is 14.2. The van der Waals surface area contributed by atoms with E-state index in [1.807, 2.05) is 38.4 Å². The van der Waals surface area contributed by atoms with Crippen LogP contribution in [0.5, 0.6) is 5.75 Å². The van der Waals surface area contributed by atoms with Gasteiger partial charge in [0.15, 0.2) is 0 Å². The van der Waals surface area contributed by atoms with Crippen LogP contribution in [0, 0.1) is 6.92 Å². The molecule has 20 heavy (non-hydrogen) atoms. The Morgan fingerprint density at radius 3 is 3.00 bits per heavy atom. The molecule has 0 aliphatic carbocycles. The van der Waals surface area contributed by atoms with E-state index in [1.54, 1.807) is 0 Å². The first kappa shape index (κ1) is 12.7. The van der Waals surface area contributed by atoms with E-state index in [0.29, 0.717) is 12.6 Å². The number of nitrogens with zero attached hydrogens (tertiary/aromatic N) is 3. The van der Waals surface area contributed by atoms with Crippen molar-refractivity contribution in [2.45, 2.75) is 13.5 Å². The van der Waals surface area contributed by atoms with Gasteiger partial charge in [-0.15, -0.1) is 0 Å². The lowest BCUT2D eigenvalue weighted by Crippen LogP contribution is -2.27. The van der Waals surface area contributed by atoms with Crippen molar-refractivity contribution in [1.29, 1.82) is 0 Å². The minimum atomic E-state index is 0.643. The predicted octanol–water partition coefficient (Wildman–Crippen LogP) is 2.23. The Labute approximate surface area is 118 Å². The molecule has 1 aromatic carbocycles. The summed E-state index contributed by atoms with van der Waals surface area (Å²) in [4.78, 5) is 11.1. The molecule has 0 radical (unpaired) electrons. The van der Waals surface area contributed by atoms with Gasteiger partial charge in [-0.05, 0) is 13.0 Å². The highest BCUT2D eigenvalue weighted by atomic mass is 16.5. The second kappa shape index (κ2) is 5.36. The molecule has 0 saturated heterocycles. The quantitative estimate of drug-likeness (QED) is 0.907. The smallest absolute Gasteiger partial charge is 0.224 e. The van der Waals surface area contributed by atoms with E-state index in [-0.39, 0.29) is 0 Å². The fraction of sp³-hybridized carbons (Fsp3) is 0.333. The molecule has 1 aliphatic rings. The third-order valence-corrected chi connectivity index (χ3v) is 3.42. The van der Waals surface area contributed by atoms with Gasteiger partial charge in [-0.1, -0.05) is 18.2 Å². The molecule has 0 spiro atoms. The summed E-state index contributed by atoms with van der Waals surface area (Å²) >= 11 is 0. The Bertz CT molecular complexity index is 615. The van der Waals surface area contributed by atoms with Gasteiger partial charge in [-0.3, -0.25) is 0 Å². The molecule has 1 aromatic heterocycles. The van der Waals surface area contributed by atoms with Crippen molar-refractivity contribution in [1.82, 2.24) is 9.97 Å². The van der Waals surface area contributed by atoms with E-state index in [2.05, 4.69) is 26.3 Å². The van der Waals surface area contributed by atoms with E-state index < -0.39 is 0 Å². The number of hydrogen-bond acceptors (Lipinski definition) is 5. The largest absolute Gasteiger partial charge is 0.491 e. The molecule has 2 aromatic rings. The number of hydrogen-bond donors (Lipinski definition) is 1. The van der Waals surface area contributed by atoms with Crippen LogP contribution in [-0.4, -0.2) is 30.2 Å². The highest BCUT2D eigenvalue weighted by Gasteiger charge is 2.18. The third kappa shape index (κ3) is 2.39. The summed E-state index contributed by atoms with van der Waals surface area (Å²) in [7, 11) is 1.83. The second-order valence-corrected chi connectivity index (χ2v) is 4.83. The molecule has 1 aliphatic heterocycles. The maximum absolute atomic E-state index is 5.80. The average Bonchev–Trinajstić information content (AvgIpc) is 2.70. The molecular formula is C15H18N4O. The topological polar surface area (TPSA) is 50.3 Å². The molecule has 0 saturated carbocycles. The number of aryl methyl sites for hydroxylation is 1. The van der Waals surface area contributed by atoms with Crippen molar-refractivity contribution in [3.8, 4) is 5.75 Å². The van der Waals surface area contributed by atoms with Crippen LogP contribution in [0.3, 0.4) is 0 Å². The monoisotopic (exact) mass is 270 g/mol. The molecule has 0 fully saturated rings. The highest BCUT2D eigenvalue weighted by molar-refractivity contribution is 5.51. The van der Waals surface area contributed by atoms with Gasteiger partial charge in [0.05, 0.1) is 6.54 Å². The summed E-state index contributed by atoms with van der Waals surface area (Å²) in [5.41, 5.74) is 2.26. The molecule has 5 heteroatoms. The minimum Gasteiger partial charge on any atom is -0.491 e. The Kier molecular flexibility index (Phi) is 3.41. The zero-order valence-electron chi connectivity index (χ0n) is 11.8. The molecule has 0 amide bonds. The Balaban J connectivity index is 1.95. The summed E-state index contributed by atoms with van der Waals surface area (Å²) in [6.45, 7) is 4.31. The van der Waals surface area contributed by atoms with E-state index in [9.17, 15) is 0 Å². The van der Waals surface area contributed by atoms with Gasteiger partial charge >= 0.3 is 0 Å². The second-order valence-electron chi connectivity index (χ2n) is 4.83. The van der Waals surface area contributed by atoms with Crippen molar-refractivity contribution >= 4 is 11.8 Å². The summed E-state index contributed by atoms with van der Waals surface area (Å²) in [6, 6.07) is 8.16. The maximum atomic E-state index is 5.80. The Morgan fingerprint density at radius 1 is 1.30 bits per heavy atom. The number of aromatic nitrogens is 2. The third-order valence-electron chi connectivity index (χ3n) is 3.42. The SMILES string of the molecule is CNc1ncc(C)c(N2CCOc3ccccc3C2)n1. The minimum absolute atomic E-state index is 0.643. The molecule has 1 N–H and O–H groups in total. The van der Waals surface area contributed by atoms with Gasteiger partial charge in [0.25, 0.3) is 0 Å². The van der Waals surface area contributed by atoms with Crippen LogP contribution in [0.2, 0.25) is 0 Å². The van der Waals surface area contributed by atoms with E-state index >= 15 is 0 Å². The van der Waals surface area contributed by atoms with Gasteiger partial charge < -0.3 is 15.0 Å². The number of rotatable bonds is 2. The van der Waals surface area contributed by atoms with E-state index in [4.69, 9.17) is 4.74 Å². The number of para-hydroxylation sites is 1. The molecule has 0 atom stereocenters. The molecule has 104 valence electrons.